The summed E-state index contributed by atoms with van der Waals surface area (Å²) in [5.41, 5.74) is 4.66. The van der Waals surface area contributed by atoms with Crippen molar-refractivity contribution >= 4 is 28.5 Å². The number of hydrogen-bond acceptors (Lipinski definition) is 8. The van der Waals surface area contributed by atoms with Crippen molar-refractivity contribution in [1.29, 1.82) is 0 Å². The molecule has 4 aliphatic rings. The minimum atomic E-state index is -0.621. The van der Waals surface area contributed by atoms with Gasteiger partial charge in [0.1, 0.15) is 18.3 Å². The summed E-state index contributed by atoms with van der Waals surface area (Å²) in [4.78, 5) is 14.9. The van der Waals surface area contributed by atoms with Crippen LogP contribution in [0.1, 0.15) is 25.7 Å². The van der Waals surface area contributed by atoms with Crippen LogP contribution in [0.15, 0.2) is 30.3 Å². The van der Waals surface area contributed by atoms with E-state index in [0.29, 0.717) is 39.9 Å². The third-order valence-electron chi connectivity index (χ3n) is 8.64. The number of rotatable bonds is 4. The molecule has 1 aromatic carbocycles. The van der Waals surface area contributed by atoms with Gasteiger partial charge in [-0.2, -0.15) is 4.98 Å². The summed E-state index contributed by atoms with van der Waals surface area (Å²) in [5.74, 6) is 0. The van der Waals surface area contributed by atoms with Crippen molar-refractivity contribution < 1.29 is 19.3 Å². The van der Waals surface area contributed by atoms with E-state index in [1.165, 1.54) is 31.4 Å². The fourth-order valence-corrected chi connectivity index (χ4v) is 6.63. The van der Waals surface area contributed by atoms with Gasteiger partial charge >= 0.3 is 0 Å². The van der Waals surface area contributed by atoms with E-state index in [-0.39, 0.29) is 24.9 Å². The zero-order valence-electron chi connectivity index (χ0n) is 20.7. The topological polar surface area (TPSA) is 105 Å². The van der Waals surface area contributed by atoms with Crippen LogP contribution in [-0.2, 0) is 9.47 Å². The van der Waals surface area contributed by atoms with E-state index in [0.717, 1.165) is 31.7 Å². The molecule has 196 valence electrons. The van der Waals surface area contributed by atoms with Crippen LogP contribution in [0.3, 0.4) is 0 Å². The molecule has 10 heteroatoms. The highest BCUT2D eigenvalue weighted by atomic mass is 35.5. The molecule has 9 nitrogen and oxygen atoms in total. The van der Waals surface area contributed by atoms with Gasteiger partial charge < -0.3 is 34.5 Å². The van der Waals surface area contributed by atoms with Crippen molar-refractivity contribution in [3.8, 4) is 17.3 Å². The zero-order chi connectivity index (χ0) is 25.0. The average molecular weight is 526 g/mol. The normalized spacial score (nSPS) is 29.2. The number of aromatic nitrogens is 3. The van der Waals surface area contributed by atoms with Crippen LogP contribution in [0, 0.1) is 5.41 Å². The van der Waals surface area contributed by atoms with Crippen molar-refractivity contribution in [1.82, 2.24) is 20.3 Å². The monoisotopic (exact) mass is 525 g/mol. The van der Waals surface area contributed by atoms with Crippen molar-refractivity contribution in [2.24, 2.45) is 5.41 Å². The maximum absolute atomic E-state index is 9.95. The predicted octanol–water partition coefficient (Wildman–Crippen LogP) is 3.15. The number of piperidine rings is 2. The van der Waals surface area contributed by atoms with Gasteiger partial charge in [-0.05, 0) is 62.4 Å². The number of aliphatic hydroxyl groups is 1. The van der Waals surface area contributed by atoms with Gasteiger partial charge in [-0.1, -0.05) is 23.7 Å². The lowest BCUT2D eigenvalue weighted by Gasteiger charge is -2.45. The number of aromatic amines is 1. The van der Waals surface area contributed by atoms with Gasteiger partial charge in [0.25, 0.3) is 6.01 Å². The summed E-state index contributed by atoms with van der Waals surface area (Å²) in [5, 5.41) is 14.0. The molecule has 1 spiro atoms. The number of nitrogens with zero attached hydrogens (tertiary/aromatic N) is 3. The molecule has 3 aromatic rings. The van der Waals surface area contributed by atoms with E-state index in [4.69, 9.17) is 30.8 Å². The number of nitrogens with one attached hydrogen (secondary N) is 2. The van der Waals surface area contributed by atoms with E-state index >= 15 is 0 Å². The Morgan fingerprint density at radius 3 is 2.54 bits per heavy atom. The standard InChI is InChI=1S/C27H32ClN5O4/c28-18-13-19-25(32-26(30-19)37-21-15-36-23-20(34)14-35-24(21)23)31-22(18)16-1-3-17(4-2-16)33-11-7-27(8-12-33)5-9-29-10-6-27/h1-4,13,20-21,23-24,29,34H,5-12,14-15H2,(H,30,31,32)/t20-,21-,23-,24-/m1/s1. The van der Waals surface area contributed by atoms with Crippen LogP contribution in [-0.4, -0.2) is 83.9 Å². The van der Waals surface area contributed by atoms with Crippen LogP contribution in [0.5, 0.6) is 6.01 Å². The summed E-state index contributed by atoms with van der Waals surface area (Å²) < 4.78 is 17.3. The summed E-state index contributed by atoms with van der Waals surface area (Å²) in [6, 6.07) is 10.7. The molecule has 2 aromatic heterocycles. The number of halogens is 1. The van der Waals surface area contributed by atoms with E-state index in [1.807, 2.05) is 6.07 Å². The number of aliphatic hydroxyl groups excluding tert-OH is 1. The maximum atomic E-state index is 9.95. The quantitative estimate of drug-likeness (QED) is 0.477. The molecule has 37 heavy (non-hydrogen) atoms. The molecule has 6 heterocycles. The fraction of sp³-hybridized carbons (Fsp3) is 0.556. The predicted molar refractivity (Wildman–Crippen MR) is 140 cm³/mol. The van der Waals surface area contributed by atoms with Crippen LogP contribution >= 0.6 is 11.6 Å². The number of fused-ring (bicyclic) bond motifs is 2. The van der Waals surface area contributed by atoms with Crippen molar-refractivity contribution in [3.63, 3.8) is 0 Å². The van der Waals surface area contributed by atoms with Gasteiger partial charge in [0.2, 0.25) is 0 Å². The number of anilines is 1. The molecule has 4 atom stereocenters. The van der Waals surface area contributed by atoms with Crippen molar-refractivity contribution in [3.05, 3.63) is 35.4 Å². The molecule has 4 aliphatic heterocycles. The van der Waals surface area contributed by atoms with E-state index in [9.17, 15) is 5.11 Å². The molecular weight excluding hydrogens is 494 g/mol. The molecule has 0 aliphatic carbocycles. The molecule has 4 fully saturated rings. The summed E-state index contributed by atoms with van der Waals surface area (Å²) in [7, 11) is 0. The fourth-order valence-electron chi connectivity index (χ4n) is 6.37. The minimum absolute atomic E-state index is 0.255. The molecule has 0 radical (unpaired) electrons. The highest BCUT2D eigenvalue weighted by Crippen LogP contribution is 2.41. The number of H-pyrrole nitrogens is 1. The highest BCUT2D eigenvalue weighted by molar-refractivity contribution is 6.33. The molecule has 4 saturated heterocycles. The van der Waals surface area contributed by atoms with Gasteiger partial charge in [-0.15, -0.1) is 0 Å². The smallest absolute Gasteiger partial charge is 0.296 e. The molecule has 0 bridgehead atoms. The lowest BCUT2D eigenvalue weighted by Crippen LogP contribution is -2.45. The Morgan fingerprint density at radius 1 is 1.00 bits per heavy atom. The van der Waals surface area contributed by atoms with Crippen LogP contribution < -0.4 is 15.0 Å². The molecule has 0 unspecified atom stereocenters. The third-order valence-corrected chi connectivity index (χ3v) is 8.93. The Hall–Kier alpha value is -2.43. The second kappa shape index (κ2) is 9.39. The zero-order valence-corrected chi connectivity index (χ0v) is 21.4. The third kappa shape index (κ3) is 4.36. The summed E-state index contributed by atoms with van der Waals surface area (Å²) >= 11 is 6.64. The minimum Gasteiger partial charge on any atom is -0.456 e. The van der Waals surface area contributed by atoms with Crippen LogP contribution in [0.2, 0.25) is 5.02 Å². The van der Waals surface area contributed by atoms with Crippen molar-refractivity contribution in [2.75, 3.05) is 44.3 Å². The molecule has 0 amide bonds. The van der Waals surface area contributed by atoms with E-state index in [2.05, 4.69) is 44.5 Å². The van der Waals surface area contributed by atoms with Gasteiger partial charge in [-0.3, -0.25) is 0 Å². The lowest BCUT2D eigenvalue weighted by atomic mass is 9.71. The summed E-state index contributed by atoms with van der Waals surface area (Å²) in [6.45, 7) is 5.13. The lowest BCUT2D eigenvalue weighted by molar-refractivity contribution is 0.00706. The maximum Gasteiger partial charge on any atom is 0.296 e. The second-order valence-electron chi connectivity index (χ2n) is 10.8. The van der Waals surface area contributed by atoms with Gasteiger partial charge in [0, 0.05) is 24.3 Å². The second-order valence-corrected chi connectivity index (χ2v) is 11.2. The first-order valence-electron chi connectivity index (χ1n) is 13.3. The summed E-state index contributed by atoms with van der Waals surface area (Å²) in [6.07, 6.45) is 3.52. The number of pyridine rings is 1. The Labute approximate surface area is 220 Å². The van der Waals surface area contributed by atoms with Crippen LogP contribution in [0.25, 0.3) is 22.4 Å². The Balaban J connectivity index is 1.06. The first-order valence-corrected chi connectivity index (χ1v) is 13.7. The van der Waals surface area contributed by atoms with E-state index in [1.54, 1.807) is 0 Å². The first-order chi connectivity index (χ1) is 18.1. The number of ether oxygens (including phenoxy) is 3. The molecule has 3 N–H and O–H groups in total. The number of hydrogen-bond donors (Lipinski definition) is 3. The molecule has 7 rings (SSSR count). The average Bonchev–Trinajstić information content (AvgIpc) is 3.61. The van der Waals surface area contributed by atoms with Gasteiger partial charge in [-0.25, -0.2) is 4.98 Å². The molecular formula is C27H32ClN5O4. The number of imidazole rings is 1. The Morgan fingerprint density at radius 2 is 1.76 bits per heavy atom. The van der Waals surface area contributed by atoms with E-state index < -0.39 is 6.10 Å². The largest absolute Gasteiger partial charge is 0.456 e. The van der Waals surface area contributed by atoms with Crippen LogP contribution in [0.4, 0.5) is 5.69 Å². The number of benzene rings is 1. The molecule has 0 saturated carbocycles. The van der Waals surface area contributed by atoms with Crippen molar-refractivity contribution in [2.45, 2.75) is 50.1 Å². The Bertz CT molecular complexity index is 1270. The van der Waals surface area contributed by atoms with Gasteiger partial charge in [0.15, 0.2) is 11.8 Å². The van der Waals surface area contributed by atoms with Gasteiger partial charge in [0.05, 0.1) is 29.4 Å². The Kier molecular flexibility index (Phi) is 6.01. The highest BCUT2D eigenvalue weighted by Gasteiger charge is 2.48. The first kappa shape index (κ1) is 23.7. The SMILES string of the molecule is O[C@@H]1CO[C@H]2[C@@H]1OC[C@H]2Oc1nc2nc(-c3ccc(N4CCC5(CCNCC5)CC4)cc3)c(Cl)cc2[nH]1.